The number of amides is 1. The molecule has 0 aromatic heterocycles. The zero-order valence-electron chi connectivity index (χ0n) is 19.9. The van der Waals surface area contributed by atoms with Crippen LogP contribution in [0.15, 0.2) is 54.6 Å². The minimum absolute atomic E-state index is 0.156. The first-order chi connectivity index (χ1) is 16.4. The topological polar surface area (TPSA) is 125 Å². The number of nitrogens with zero attached hydrogens (tertiary/aromatic N) is 2. The molecule has 34 heavy (non-hydrogen) atoms. The van der Waals surface area contributed by atoms with E-state index in [0.29, 0.717) is 31.0 Å². The fraction of sp³-hybridized carbons (Fsp3) is 0.462. The molecule has 2 aromatic carbocycles. The minimum atomic E-state index is -0.908. The monoisotopic (exact) mass is 467 g/mol. The first-order valence-corrected chi connectivity index (χ1v) is 12.0. The Morgan fingerprint density at radius 2 is 1.74 bits per heavy atom. The maximum Gasteiger partial charge on any atom is 0.335 e. The summed E-state index contributed by atoms with van der Waals surface area (Å²) < 4.78 is 0. The van der Waals surface area contributed by atoms with E-state index >= 15 is 0 Å². The molecule has 0 aliphatic carbocycles. The molecule has 1 heterocycles. The summed E-state index contributed by atoms with van der Waals surface area (Å²) in [5, 5.41) is 13.7. The van der Waals surface area contributed by atoms with Gasteiger partial charge in [-0.1, -0.05) is 49.4 Å². The average Bonchev–Trinajstić information content (AvgIpc) is 2.84. The van der Waals surface area contributed by atoms with Crippen LogP contribution in [0.1, 0.15) is 47.7 Å². The van der Waals surface area contributed by atoms with Crippen LogP contribution in [0.2, 0.25) is 0 Å². The molecule has 1 aliphatic rings. The number of piperidine rings is 1. The highest BCUT2D eigenvalue weighted by molar-refractivity contribution is 5.87. The van der Waals surface area contributed by atoms with Gasteiger partial charge in [-0.2, -0.15) is 0 Å². The van der Waals surface area contributed by atoms with Gasteiger partial charge in [-0.15, -0.1) is 0 Å². The standard InChI is InChI=1S/C26H37N5O3/c1-2-23(31(28)18-20-6-4-3-5-7-20)24(27)25(32)29-16-19-12-14-30(15-13-19)17-21-8-10-22(11-9-21)26(33)34/h3-11,19,23-24H,2,12-18,27-28H2,1H3,(H,29,32)(H,33,34). The van der Waals surface area contributed by atoms with Gasteiger partial charge in [0.15, 0.2) is 0 Å². The highest BCUT2D eigenvalue weighted by Gasteiger charge is 2.28. The number of hydrogen-bond acceptors (Lipinski definition) is 6. The molecular formula is C26H37N5O3. The van der Waals surface area contributed by atoms with Gasteiger partial charge in [0.2, 0.25) is 5.91 Å². The van der Waals surface area contributed by atoms with Crippen molar-refractivity contribution in [1.29, 1.82) is 0 Å². The molecule has 1 saturated heterocycles. The molecule has 184 valence electrons. The van der Waals surface area contributed by atoms with Crippen LogP contribution in [0, 0.1) is 5.92 Å². The highest BCUT2D eigenvalue weighted by atomic mass is 16.4. The molecular weight excluding hydrogens is 430 g/mol. The van der Waals surface area contributed by atoms with Gasteiger partial charge in [-0.3, -0.25) is 15.5 Å². The zero-order valence-corrected chi connectivity index (χ0v) is 19.9. The molecule has 0 saturated carbocycles. The third-order valence-corrected chi connectivity index (χ3v) is 6.65. The van der Waals surface area contributed by atoms with Crippen LogP contribution in [0.3, 0.4) is 0 Å². The zero-order chi connectivity index (χ0) is 24.5. The first-order valence-electron chi connectivity index (χ1n) is 12.0. The van der Waals surface area contributed by atoms with Gasteiger partial charge in [0.05, 0.1) is 5.56 Å². The van der Waals surface area contributed by atoms with Crippen molar-refractivity contribution in [2.45, 2.75) is 51.4 Å². The number of carbonyl (C=O) groups is 2. The summed E-state index contributed by atoms with van der Waals surface area (Å²) in [7, 11) is 0. The number of nitrogens with one attached hydrogen (secondary N) is 1. The van der Waals surface area contributed by atoms with Crippen molar-refractivity contribution in [2.24, 2.45) is 17.5 Å². The summed E-state index contributed by atoms with van der Waals surface area (Å²) in [6.07, 6.45) is 2.68. The third kappa shape index (κ3) is 7.36. The number of nitrogens with two attached hydrogens (primary N) is 2. The van der Waals surface area contributed by atoms with Crippen molar-refractivity contribution < 1.29 is 14.7 Å². The molecule has 0 bridgehead atoms. The first kappa shape index (κ1) is 25.8. The summed E-state index contributed by atoms with van der Waals surface area (Å²) in [6, 6.07) is 16.0. The molecule has 0 radical (unpaired) electrons. The Morgan fingerprint density at radius 3 is 2.32 bits per heavy atom. The van der Waals surface area contributed by atoms with Gasteiger partial charge in [0.1, 0.15) is 6.04 Å². The van der Waals surface area contributed by atoms with E-state index in [9.17, 15) is 9.59 Å². The van der Waals surface area contributed by atoms with E-state index in [1.807, 2.05) is 49.4 Å². The second kappa shape index (κ2) is 12.6. The van der Waals surface area contributed by atoms with Crippen LogP contribution in [-0.2, 0) is 17.9 Å². The quantitative estimate of drug-likeness (QED) is 0.295. The average molecular weight is 468 g/mol. The number of rotatable bonds is 11. The van der Waals surface area contributed by atoms with E-state index in [4.69, 9.17) is 16.7 Å². The van der Waals surface area contributed by atoms with Crippen LogP contribution in [-0.4, -0.2) is 58.6 Å². The van der Waals surface area contributed by atoms with E-state index in [1.165, 1.54) is 0 Å². The number of hydrazine groups is 1. The normalized spacial score (nSPS) is 16.8. The van der Waals surface area contributed by atoms with Gasteiger partial charge >= 0.3 is 5.97 Å². The number of hydrogen-bond donors (Lipinski definition) is 4. The molecule has 8 heteroatoms. The number of carboxylic acid groups (broad SMARTS) is 1. The van der Waals surface area contributed by atoms with Crippen molar-refractivity contribution in [3.8, 4) is 0 Å². The van der Waals surface area contributed by atoms with Crippen LogP contribution in [0.4, 0.5) is 0 Å². The van der Waals surface area contributed by atoms with Crippen LogP contribution in [0.5, 0.6) is 0 Å². The lowest BCUT2D eigenvalue weighted by molar-refractivity contribution is -0.124. The van der Waals surface area contributed by atoms with E-state index in [-0.39, 0.29) is 11.9 Å². The predicted molar refractivity (Wildman–Crippen MR) is 133 cm³/mol. The molecule has 2 atom stereocenters. The fourth-order valence-corrected chi connectivity index (χ4v) is 4.50. The van der Waals surface area contributed by atoms with Crippen molar-refractivity contribution in [3.05, 3.63) is 71.3 Å². The van der Waals surface area contributed by atoms with Crippen LogP contribution >= 0.6 is 0 Å². The van der Waals surface area contributed by atoms with Crippen molar-refractivity contribution in [2.75, 3.05) is 19.6 Å². The largest absolute Gasteiger partial charge is 0.478 e. The van der Waals surface area contributed by atoms with Crippen LogP contribution in [0.25, 0.3) is 0 Å². The molecule has 0 spiro atoms. The Labute approximate surface area is 201 Å². The lowest BCUT2D eigenvalue weighted by Gasteiger charge is -2.33. The molecule has 1 aliphatic heterocycles. The Kier molecular flexibility index (Phi) is 9.59. The second-order valence-corrected chi connectivity index (χ2v) is 9.13. The Balaban J connectivity index is 1.40. The van der Waals surface area contributed by atoms with E-state index in [0.717, 1.165) is 43.6 Å². The number of carboxylic acids is 1. The van der Waals surface area contributed by atoms with E-state index < -0.39 is 12.0 Å². The lowest BCUT2D eigenvalue weighted by atomic mass is 9.96. The lowest BCUT2D eigenvalue weighted by Crippen LogP contribution is -2.57. The molecule has 1 amide bonds. The van der Waals surface area contributed by atoms with Gasteiger partial charge in [-0.05, 0) is 61.5 Å². The summed E-state index contributed by atoms with van der Waals surface area (Å²) >= 11 is 0. The van der Waals surface area contributed by atoms with Crippen LogP contribution < -0.4 is 16.9 Å². The molecule has 8 nitrogen and oxygen atoms in total. The summed E-state index contributed by atoms with van der Waals surface area (Å²) in [6.45, 7) is 5.84. The molecule has 6 N–H and O–H groups in total. The van der Waals surface area contributed by atoms with E-state index in [2.05, 4.69) is 10.2 Å². The van der Waals surface area contributed by atoms with Gasteiger partial charge in [-0.25, -0.2) is 9.80 Å². The Morgan fingerprint density at radius 1 is 1.09 bits per heavy atom. The second-order valence-electron chi connectivity index (χ2n) is 9.13. The number of benzene rings is 2. The summed E-state index contributed by atoms with van der Waals surface area (Å²) in [5.74, 6) is 5.63. The summed E-state index contributed by atoms with van der Waals surface area (Å²) in [4.78, 5) is 26.1. The fourth-order valence-electron chi connectivity index (χ4n) is 4.50. The van der Waals surface area contributed by atoms with Crippen molar-refractivity contribution in [1.82, 2.24) is 15.2 Å². The third-order valence-electron chi connectivity index (χ3n) is 6.65. The molecule has 1 fully saturated rings. The Hall–Kier alpha value is -2.78. The highest BCUT2D eigenvalue weighted by Crippen LogP contribution is 2.19. The van der Waals surface area contributed by atoms with Crippen molar-refractivity contribution >= 4 is 11.9 Å². The minimum Gasteiger partial charge on any atom is -0.478 e. The Bertz CT molecular complexity index is 914. The number of likely N-dealkylation sites (tertiary alicyclic amines) is 1. The number of carbonyl (C=O) groups excluding carboxylic acids is 1. The SMILES string of the molecule is CCC(C(N)C(=O)NCC1CCN(Cc2ccc(C(=O)O)cc2)CC1)N(N)Cc1ccccc1. The number of aromatic carboxylic acids is 1. The molecule has 2 unspecified atom stereocenters. The van der Waals surface area contributed by atoms with Crippen molar-refractivity contribution in [3.63, 3.8) is 0 Å². The summed E-state index contributed by atoms with van der Waals surface area (Å²) in [5.41, 5.74) is 8.80. The molecule has 2 aromatic rings. The van der Waals surface area contributed by atoms with Gasteiger partial charge in [0, 0.05) is 25.7 Å². The van der Waals surface area contributed by atoms with Gasteiger partial charge in [0.25, 0.3) is 0 Å². The van der Waals surface area contributed by atoms with Gasteiger partial charge < -0.3 is 16.2 Å². The smallest absolute Gasteiger partial charge is 0.335 e. The maximum atomic E-state index is 12.8. The van der Waals surface area contributed by atoms with E-state index in [1.54, 1.807) is 17.1 Å². The maximum absolute atomic E-state index is 12.8. The molecule has 3 rings (SSSR count). The predicted octanol–water partition coefficient (Wildman–Crippen LogP) is 2.19.